The molecule has 3 nitrogen and oxygen atoms in total. The lowest BCUT2D eigenvalue weighted by molar-refractivity contribution is 1.03. The summed E-state index contributed by atoms with van der Waals surface area (Å²) < 4.78 is 0. The predicted molar refractivity (Wildman–Crippen MR) is 78.1 cm³/mol. The largest absolute Gasteiger partial charge is 0.260 e. The molecule has 0 aliphatic rings. The van der Waals surface area contributed by atoms with Crippen molar-refractivity contribution in [3.63, 3.8) is 0 Å². The van der Waals surface area contributed by atoms with Gasteiger partial charge in [0.2, 0.25) is 0 Å². The molecule has 0 aliphatic heterocycles. The lowest BCUT2D eigenvalue weighted by Crippen LogP contribution is -1.93. The molecule has 0 aliphatic carbocycles. The van der Waals surface area contributed by atoms with E-state index in [0.717, 1.165) is 33.2 Å². The van der Waals surface area contributed by atoms with Crippen molar-refractivity contribution in [2.75, 3.05) is 0 Å². The fraction of sp³-hybridized carbons (Fsp3) is 0.133. The molecule has 0 spiro atoms. The van der Waals surface area contributed by atoms with Crippen molar-refractivity contribution in [1.82, 2.24) is 15.0 Å². The van der Waals surface area contributed by atoms with Gasteiger partial charge >= 0.3 is 0 Å². The van der Waals surface area contributed by atoms with Crippen LogP contribution >= 0.6 is 11.8 Å². The molecule has 0 unspecified atom stereocenters. The topological polar surface area (TPSA) is 38.7 Å². The Morgan fingerprint density at radius 3 is 2.42 bits per heavy atom. The molecule has 0 radical (unpaired) electrons. The van der Waals surface area contributed by atoms with E-state index in [1.54, 1.807) is 11.8 Å². The SMILES string of the molecule is Cc1nc2ccccc2nc1SCc1ccccn1. The number of aromatic nitrogens is 3. The summed E-state index contributed by atoms with van der Waals surface area (Å²) in [7, 11) is 0. The number of para-hydroxylation sites is 2. The lowest BCUT2D eigenvalue weighted by atomic mass is 10.3. The third-order valence-corrected chi connectivity index (χ3v) is 3.88. The summed E-state index contributed by atoms with van der Waals surface area (Å²) in [6.07, 6.45) is 1.81. The molecule has 0 bridgehead atoms. The summed E-state index contributed by atoms with van der Waals surface area (Å²) in [6, 6.07) is 13.9. The average molecular weight is 267 g/mol. The van der Waals surface area contributed by atoms with Gasteiger partial charge in [0.25, 0.3) is 0 Å². The molecule has 2 aromatic heterocycles. The zero-order valence-electron chi connectivity index (χ0n) is 10.6. The summed E-state index contributed by atoms with van der Waals surface area (Å²) in [5.74, 6) is 0.814. The highest BCUT2D eigenvalue weighted by atomic mass is 32.2. The van der Waals surface area contributed by atoms with Gasteiger partial charge in [-0.1, -0.05) is 30.0 Å². The first-order valence-corrected chi connectivity index (χ1v) is 7.07. The number of hydrogen-bond donors (Lipinski definition) is 0. The molecular weight excluding hydrogens is 254 g/mol. The Labute approximate surface area is 116 Å². The predicted octanol–water partition coefficient (Wildman–Crippen LogP) is 3.63. The lowest BCUT2D eigenvalue weighted by Gasteiger charge is -2.05. The molecule has 4 heteroatoms. The van der Waals surface area contributed by atoms with Crippen LogP contribution < -0.4 is 0 Å². The first-order chi connectivity index (χ1) is 9.33. The van der Waals surface area contributed by atoms with Gasteiger partial charge in [0.15, 0.2) is 0 Å². The van der Waals surface area contributed by atoms with E-state index >= 15 is 0 Å². The number of aryl methyl sites for hydroxylation is 1. The van der Waals surface area contributed by atoms with Gasteiger partial charge in [-0.15, -0.1) is 0 Å². The Hall–Kier alpha value is -1.94. The van der Waals surface area contributed by atoms with E-state index in [2.05, 4.69) is 15.0 Å². The van der Waals surface area contributed by atoms with E-state index < -0.39 is 0 Å². The monoisotopic (exact) mass is 267 g/mol. The Kier molecular flexibility index (Phi) is 3.42. The summed E-state index contributed by atoms with van der Waals surface area (Å²) >= 11 is 1.68. The standard InChI is InChI=1S/C15H13N3S/c1-11-15(19-10-12-6-4-5-9-16-12)18-14-8-3-2-7-13(14)17-11/h2-9H,10H2,1H3. The highest BCUT2D eigenvalue weighted by molar-refractivity contribution is 7.98. The summed E-state index contributed by atoms with van der Waals surface area (Å²) in [6.45, 7) is 2.00. The minimum atomic E-state index is 0.814. The van der Waals surface area contributed by atoms with Crippen LogP contribution in [-0.2, 0) is 5.75 Å². The van der Waals surface area contributed by atoms with Gasteiger partial charge in [-0.05, 0) is 31.2 Å². The molecule has 3 aromatic rings. The molecule has 0 N–H and O–H groups in total. The van der Waals surface area contributed by atoms with Crippen LogP contribution in [0.1, 0.15) is 11.4 Å². The summed E-state index contributed by atoms with van der Waals surface area (Å²) in [5, 5.41) is 0.976. The Balaban J connectivity index is 1.86. The minimum absolute atomic E-state index is 0.814. The van der Waals surface area contributed by atoms with Crippen molar-refractivity contribution in [3.8, 4) is 0 Å². The van der Waals surface area contributed by atoms with Gasteiger partial charge in [-0.2, -0.15) is 0 Å². The second-order valence-electron chi connectivity index (χ2n) is 4.21. The van der Waals surface area contributed by atoms with Crippen LogP contribution in [0.15, 0.2) is 53.7 Å². The molecule has 0 amide bonds. The Morgan fingerprint density at radius 1 is 0.947 bits per heavy atom. The fourth-order valence-electron chi connectivity index (χ4n) is 1.83. The molecule has 94 valence electrons. The maximum Gasteiger partial charge on any atom is 0.118 e. The smallest absolute Gasteiger partial charge is 0.118 e. The number of pyridine rings is 1. The Morgan fingerprint density at radius 2 is 1.68 bits per heavy atom. The van der Waals surface area contributed by atoms with E-state index in [4.69, 9.17) is 0 Å². The van der Waals surface area contributed by atoms with Crippen LogP contribution in [0.25, 0.3) is 11.0 Å². The first-order valence-electron chi connectivity index (χ1n) is 6.09. The molecule has 0 saturated heterocycles. The molecule has 0 atom stereocenters. The van der Waals surface area contributed by atoms with Crippen LogP contribution in [-0.4, -0.2) is 15.0 Å². The zero-order valence-corrected chi connectivity index (χ0v) is 11.4. The number of nitrogens with zero attached hydrogens (tertiary/aromatic N) is 3. The summed E-state index contributed by atoms with van der Waals surface area (Å²) in [4.78, 5) is 13.6. The van der Waals surface area contributed by atoms with Gasteiger partial charge in [0.1, 0.15) is 5.03 Å². The Bertz CT molecular complexity index is 698. The first kappa shape index (κ1) is 12.1. The molecule has 2 heterocycles. The van der Waals surface area contributed by atoms with Crippen molar-refractivity contribution in [1.29, 1.82) is 0 Å². The maximum absolute atomic E-state index is 4.66. The molecule has 19 heavy (non-hydrogen) atoms. The molecule has 0 saturated carbocycles. The van der Waals surface area contributed by atoms with E-state index in [0.29, 0.717) is 0 Å². The van der Waals surface area contributed by atoms with Crippen LogP contribution in [0, 0.1) is 6.92 Å². The average Bonchev–Trinajstić information content (AvgIpc) is 2.46. The molecule has 0 fully saturated rings. The van der Waals surface area contributed by atoms with Crippen molar-refractivity contribution in [2.45, 2.75) is 17.7 Å². The van der Waals surface area contributed by atoms with Crippen LogP contribution in [0.5, 0.6) is 0 Å². The highest BCUT2D eigenvalue weighted by Crippen LogP contribution is 2.24. The van der Waals surface area contributed by atoms with E-state index in [1.807, 2.05) is 55.6 Å². The van der Waals surface area contributed by atoms with Gasteiger partial charge in [0.05, 0.1) is 22.4 Å². The van der Waals surface area contributed by atoms with E-state index in [1.165, 1.54) is 0 Å². The number of benzene rings is 1. The van der Waals surface area contributed by atoms with E-state index in [9.17, 15) is 0 Å². The van der Waals surface area contributed by atoms with Crippen molar-refractivity contribution >= 4 is 22.8 Å². The van der Waals surface area contributed by atoms with Crippen LogP contribution in [0.2, 0.25) is 0 Å². The fourth-order valence-corrected chi connectivity index (χ4v) is 2.71. The van der Waals surface area contributed by atoms with Gasteiger partial charge in [0, 0.05) is 11.9 Å². The third kappa shape index (κ3) is 2.74. The van der Waals surface area contributed by atoms with Crippen molar-refractivity contribution < 1.29 is 0 Å². The normalized spacial score (nSPS) is 10.8. The number of fused-ring (bicyclic) bond motifs is 1. The third-order valence-electron chi connectivity index (χ3n) is 2.78. The quantitative estimate of drug-likeness (QED) is 0.679. The highest BCUT2D eigenvalue weighted by Gasteiger charge is 2.06. The molecule has 1 aromatic carbocycles. The van der Waals surface area contributed by atoms with Crippen molar-refractivity contribution in [3.05, 3.63) is 60.0 Å². The van der Waals surface area contributed by atoms with Crippen molar-refractivity contribution in [2.24, 2.45) is 0 Å². The summed E-state index contributed by atoms with van der Waals surface area (Å²) in [5.41, 5.74) is 3.92. The van der Waals surface area contributed by atoms with Gasteiger partial charge in [-0.3, -0.25) is 4.98 Å². The second kappa shape index (κ2) is 5.36. The minimum Gasteiger partial charge on any atom is -0.260 e. The van der Waals surface area contributed by atoms with Crippen LogP contribution in [0.4, 0.5) is 0 Å². The number of thioether (sulfide) groups is 1. The maximum atomic E-state index is 4.66. The van der Waals surface area contributed by atoms with Gasteiger partial charge in [-0.25, -0.2) is 9.97 Å². The zero-order chi connectivity index (χ0) is 13.1. The van der Waals surface area contributed by atoms with E-state index in [-0.39, 0.29) is 0 Å². The number of hydrogen-bond acceptors (Lipinski definition) is 4. The number of rotatable bonds is 3. The molecule has 3 rings (SSSR count). The van der Waals surface area contributed by atoms with Gasteiger partial charge < -0.3 is 0 Å². The van der Waals surface area contributed by atoms with Crippen LogP contribution in [0.3, 0.4) is 0 Å². The second-order valence-corrected chi connectivity index (χ2v) is 5.18. The molecular formula is C15H13N3S.